The van der Waals surface area contributed by atoms with Crippen molar-refractivity contribution in [2.45, 2.75) is 0 Å². The minimum atomic E-state index is 0.351. The minimum Gasteiger partial charge on any atom is -0.369 e. The standard InChI is InChI=1S/C10H7BrN4/c11-9-6-14-10(13)15(9)8-4-2-1-3-7(8)5-12/h1-4,6H,(H2,13,14). The second kappa shape index (κ2) is 3.75. The molecule has 0 atom stereocenters. The van der Waals surface area contributed by atoms with E-state index in [4.69, 9.17) is 11.0 Å². The van der Waals surface area contributed by atoms with Crippen LogP contribution < -0.4 is 5.73 Å². The summed E-state index contributed by atoms with van der Waals surface area (Å²) in [6, 6.07) is 9.33. The zero-order valence-corrected chi connectivity index (χ0v) is 9.27. The first-order chi connectivity index (χ1) is 7.24. The van der Waals surface area contributed by atoms with Crippen LogP contribution in [0.15, 0.2) is 35.1 Å². The molecule has 0 aliphatic heterocycles. The van der Waals surface area contributed by atoms with Crippen molar-refractivity contribution in [2.75, 3.05) is 5.73 Å². The normalized spacial score (nSPS) is 9.87. The van der Waals surface area contributed by atoms with E-state index in [1.807, 2.05) is 18.2 Å². The Morgan fingerprint density at radius 3 is 2.73 bits per heavy atom. The van der Waals surface area contributed by atoms with Crippen molar-refractivity contribution in [1.82, 2.24) is 9.55 Å². The van der Waals surface area contributed by atoms with Gasteiger partial charge in [0.05, 0.1) is 17.4 Å². The zero-order chi connectivity index (χ0) is 10.8. The minimum absolute atomic E-state index is 0.351. The predicted octanol–water partition coefficient (Wildman–Crippen LogP) is 2.09. The van der Waals surface area contributed by atoms with Gasteiger partial charge in [0.15, 0.2) is 0 Å². The quantitative estimate of drug-likeness (QED) is 0.856. The number of nitriles is 1. The summed E-state index contributed by atoms with van der Waals surface area (Å²) in [5, 5.41) is 8.96. The highest BCUT2D eigenvalue weighted by molar-refractivity contribution is 9.10. The van der Waals surface area contributed by atoms with Gasteiger partial charge in [-0.3, -0.25) is 4.57 Å². The maximum absolute atomic E-state index is 8.96. The third-order valence-electron chi connectivity index (χ3n) is 2.01. The predicted molar refractivity (Wildman–Crippen MR) is 60.4 cm³/mol. The molecule has 0 amide bonds. The summed E-state index contributed by atoms with van der Waals surface area (Å²) in [4.78, 5) is 3.95. The average Bonchev–Trinajstić information content (AvgIpc) is 2.59. The topological polar surface area (TPSA) is 67.6 Å². The van der Waals surface area contributed by atoms with E-state index < -0.39 is 0 Å². The van der Waals surface area contributed by atoms with Crippen molar-refractivity contribution in [2.24, 2.45) is 0 Å². The number of para-hydroxylation sites is 1. The molecule has 74 valence electrons. The number of hydrogen-bond donors (Lipinski definition) is 1. The summed E-state index contributed by atoms with van der Waals surface area (Å²) in [6.45, 7) is 0. The van der Waals surface area contributed by atoms with Crippen LogP contribution in [0.2, 0.25) is 0 Å². The van der Waals surface area contributed by atoms with Crippen molar-refractivity contribution < 1.29 is 0 Å². The first-order valence-corrected chi connectivity index (χ1v) is 5.01. The van der Waals surface area contributed by atoms with Crippen LogP contribution >= 0.6 is 15.9 Å². The molecule has 1 heterocycles. The molecular formula is C10H7BrN4. The van der Waals surface area contributed by atoms with Crippen LogP contribution in [0.25, 0.3) is 5.69 Å². The lowest BCUT2D eigenvalue weighted by Crippen LogP contribution is -2.02. The summed E-state index contributed by atoms with van der Waals surface area (Å²) in [5.41, 5.74) is 6.99. The fourth-order valence-electron chi connectivity index (χ4n) is 1.35. The van der Waals surface area contributed by atoms with Gasteiger partial charge in [-0.1, -0.05) is 12.1 Å². The van der Waals surface area contributed by atoms with Gasteiger partial charge >= 0.3 is 0 Å². The van der Waals surface area contributed by atoms with E-state index in [2.05, 4.69) is 27.0 Å². The number of nitrogens with two attached hydrogens (primary N) is 1. The monoisotopic (exact) mass is 262 g/mol. The second-order valence-electron chi connectivity index (χ2n) is 2.90. The Hall–Kier alpha value is -1.80. The highest BCUT2D eigenvalue weighted by atomic mass is 79.9. The van der Waals surface area contributed by atoms with Crippen molar-refractivity contribution in [3.8, 4) is 11.8 Å². The molecule has 0 saturated heterocycles. The Morgan fingerprint density at radius 1 is 1.40 bits per heavy atom. The fourth-order valence-corrected chi connectivity index (χ4v) is 1.82. The number of hydrogen-bond acceptors (Lipinski definition) is 3. The molecule has 0 bridgehead atoms. The highest BCUT2D eigenvalue weighted by Crippen LogP contribution is 2.23. The molecule has 4 nitrogen and oxygen atoms in total. The lowest BCUT2D eigenvalue weighted by molar-refractivity contribution is 1.04. The fraction of sp³-hybridized carbons (Fsp3) is 0. The molecule has 2 N–H and O–H groups in total. The zero-order valence-electron chi connectivity index (χ0n) is 7.68. The third-order valence-corrected chi connectivity index (χ3v) is 2.57. The molecule has 2 rings (SSSR count). The Balaban J connectivity index is 2.70. The Morgan fingerprint density at radius 2 is 2.13 bits per heavy atom. The van der Waals surface area contributed by atoms with Crippen LogP contribution in [0.5, 0.6) is 0 Å². The van der Waals surface area contributed by atoms with Crippen LogP contribution in [0.1, 0.15) is 5.56 Å². The van der Waals surface area contributed by atoms with Gasteiger partial charge in [-0.15, -0.1) is 0 Å². The van der Waals surface area contributed by atoms with Gasteiger partial charge in [0.2, 0.25) is 5.95 Å². The first-order valence-electron chi connectivity index (χ1n) is 4.22. The Bertz CT molecular complexity index is 519. The van der Waals surface area contributed by atoms with Gasteiger partial charge in [0.1, 0.15) is 10.7 Å². The van der Waals surface area contributed by atoms with E-state index in [-0.39, 0.29) is 0 Å². The number of anilines is 1. The number of nitrogen functional groups attached to an aromatic ring is 1. The van der Waals surface area contributed by atoms with E-state index in [0.717, 1.165) is 10.3 Å². The molecule has 0 unspecified atom stereocenters. The van der Waals surface area contributed by atoms with E-state index >= 15 is 0 Å². The van der Waals surface area contributed by atoms with Gasteiger partial charge in [0.25, 0.3) is 0 Å². The van der Waals surface area contributed by atoms with Gasteiger partial charge in [-0.25, -0.2) is 4.98 Å². The lowest BCUT2D eigenvalue weighted by atomic mass is 10.2. The number of aromatic nitrogens is 2. The van der Waals surface area contributed by atoms with Gasteiger partial charge in [0, 0.05) is 0 Å². The average molecular weight is 263 g/mol. The largest absolute Gasteiger partial charge is 0.369 e. The highest BCUT2D eigenvalue weighted by Gasteiger charge is 2.10. The number of halogens is 1. The SMILES string of the molecule is N#Cc1ccccc1-n1c(Br)cnc1N. The first kappa shape index (κ1) is 9.74. The molecule has 15 heavy (non-hydrogen) atoms. The van der Waals surface area contributed by atoms with Gasteiger partial charge < -0.3 is 5.73 Å². The molecule has 0 aliphatic rings. The summed E-state index contributed by atoms with van der Waals surface area (Å²) in [6.07, 6.45) is 1.60. The Labute approximate surface area is 95.1 Å². The molecule has 0 saturated carbocycles. The molecule has 1 aromatic carbocycles. The molecule has 5 heteroatoms. The lowest BCUT2D eigenvalue weighted by Gasteiger charge is -2.07. The summed E-state index contributed by atoms with van der Waals surface area (Å²) >= 11 is 3.33. The molecule has 0 aliphatic carbocycles. The summed E-state index contributed by atoms with van der Waals surface area (Å²) < 4.78 is 2.40. The van der Waals surface area contributed by atoms with Gasteiger partial charge in [-0.05, 0) is 28.1 Å². The van der Waals surface area contributed by atoms with Crippen LogP contribution in [-0.4, -0.2) is 9.55 Å². The second-order valence-corrected chi connectivity index (χ2v) is 3.72. The van der Waals surface area contributed by atoms with E-state index in [1.54, 1.807) is 16.8 Å². The smallest absolute Gasteiger partial charge is 0.205 e. The summed E-state index contributed by atoms with van der Waals surface area (Å²) in [7, 11) is 0. The van der Waals surface area contributed by atoms with E-state index in [9.17, 15) is 0 Å². The van der Waals surface area contributed by atoms with Crippen LogP contribution in [0.3, 0.4) is 0 Å². The molecule has 0 radical (unpaired) electrons. The van der Waals surface area contributed by atoms with Crippen molar-refractivity contribution in [3.05, 3.63) is 40.6 Å². The van der Waals surface area contributed by atoms with Crippen molar-refractivity contribution in [1.29, 1.82) is 5.26 Å². The van der Waals surface area contributed by atoms with Crippen LogP contribution in [0, 0.1) is 11.3 Å². The van der Waals surface area contributed by atoms with E-state index in [1.165, 1.54) is 0 Å². The number of nitrogens with zero attached hydrogens (tertiary/aromatic N) is 3. The van der Waals surface area contributed by atoms with Gasteiger partial charge in [-0.2, -0.15) is 5.26 Å². The number of imidazole rings is 1. The van der Waals surface area contributed by atoms with E-state index in [0.29, 0.717) is 11.5 Å². The molecule has 0 spiro atoms. The number of benzene rings is 1. The molecule has 1 aromatic heterocycles. The molecule has 0 fully saturated rings. The van der Waals surface area contributed by atoms with Crippen molar-refractivity contribution in [3.63, 3.8) is 0 Å². The molecule has 2 aromatic rings. The molecular weight excluding hydrogens is 256 g/mol. The Kier molecular flexibility index (Phi) is 2.44. The van der Waals surface area contributed by atoms with Crippen LogP contribution in [0.4, 0.5) is 5.95 Å². The summed E-state index contributed by atoms with van der Waals surface area (Å²) in [5.74, 6) is 0.351. The maximum Gasteiger partial charge on any atom is 0.205 e. The number of rotatable bonds is 1. The maximum atomic E-state index is 8.96. The van der Waals surface area contributed by atoms with Crippen LogP contribution in [-0.2, 0) is 0 Å². The van der Waals surface area contributed by atoms with Crippen molar-refractivity contribution >= 4 is 21.9 Å². The third kappa shape index (κ3) is 1.60.